The van der Waals surface area contributed by atoms with Gasteiger partial charge in [-0.15, -0.1) is 0 Å². The molecule has 6 nitrogen and oxygen atoms in total. The molecule has 3 aromatic rings. The van der Waals surface area contributed by atoms with Gasteiger partial charge < -0.3 is 10.5 Å². The van der Waals surface area contributed by atoms with Gasteiger partial charge in [0, 0.05) is 18.5 Å². The monoisotopic (exact) mass is 314 g/mol. The zero-order chi connectivity index (χ0) is 15.5. The maximum atomic E-state index is 11.1. The topological polar surface area (TPSA) is 83.0 Å². The van der Waals surface area contributed by atoms with Crippen molar-refractivity contribution in [3.63, 3.8) is 0 Å². The zero-order valence-electron chi connectivity index (χ0n) is 11.3. The molecule has 110 valence electrons. The van der Waals surface area contributed by atoms with Gasteiger partial charge in [-0.3, -0.25) is 4.79 Å². The number of benzene rings is 1. The summed E-state index contributed by atoms with van der Waals surface area (Å²) in [4.78, 5) is 15.1. The molecule has 0 bridgehead atoms. The Balaban J connectivity index is 1.77. The van der Waals surface area contributed by atoms with Crippen LogP contribution in [0.1, 0.15) is 10.4 Å². The molecular weight excluding hydrogens is 304 g/mol. The molecular formula is C15H11ClN4O2. The van der Waals surface area contributed by atoms with Crippen molar-refractivity contribution in [1.82, 2.24) is 14.8 Å². The Morgan fingerprint density at radius 2 is 1.91 bits per heavy atom. The van der Waals surface area contributed by atoms with Crippen molar-refractivity contribution in [1.29, 1.82) is 0 Å². The summed E-state index contributed by atoms with van der Waals surface area (Å²) in [6.07, 6.45) is 4.50. The Kier molecular flexibility index (Phi) is 3.76. The molecule has 0 saturated carbocycles. The average Bonchev–Trinajstić information content (AvgIpc) is 3.00. The molecule has 0 aliphatic heterocycles. The molecule has 3 rings (SSSR count). The summed E-state index contributed by atoms with van der Waals surface area (Å²) < 4.78 is 7.15. The van der Waals surface area contributed by atoms with E-state index in [2.05, 4.69) is 10.1 Å². The summed E-state index contributed by atoms with van der Waals surface area (Å²) in [5, 5.41) is 4.63. The summed E-state index contributed by atoms with van der Waals surface area (Å²) in [7, 11) is 0. The lowest BCUT2D eigenvalue weighted by Crippen LogP contribution is -2.09. The van der Waals surface area contributed by atoms with Crippen LogP contribution in [0.15, 0.2) is 55.0 Å². The minimum atomic E-state index is -0.514. The van der Waals surface area contributed by atoms with Crippen LogP contribution in [0.4, 0.5) is 0 Å². The van der Waals surface area contributed by atoms with Gasteiger partial charge >= 0.3 is 0 Å². The van der Waals surface area contributed by atoms with E-state index in [4.69, 9.17) is 22.1 Å². The minimum Gasteiger partial charge on any atom is -0.439 e. The largest absolute Gasteiger partial charge is 0.439 e. The molecule has 2 aromatic heterocycles. The molecule has 0 saturated heterocycles. The number of halogens is 1. The zero-order valence-corrected chi connectivity index (χ0v) is 12.1. The van der Waals surface area contributed by atoms with Crippen LogP contribution in [-0.4, -0.2) is 20.7 Å². The van der Waals surface area contributed by atoms with Crippen molar-refractivity contribution in [2.45, 2.75) is 0 Å². The van der Waals surface area contributed by atoms with Crippen LogP contribution in [0.3, 0.4) is 0 Å². The number of aromatic nitrogens is 3. The van der Waals surface area contributed by atoms with Crippen molar-refractivity contribution in [3.8, 4) is 17.3 Å². The van der Waals surface area contributed by atoms with Gasteiger partial charge in [-0.2, -0.15) is 5.10 Å². The van der Waals surface area contributed by atoms with E-state index in [9.17, 15) is 4.79 Å². The SMILES string of the molecule is NC(=O)c1cnn(-c2ccc(Oc3ccc(Cl)cn3)cc2)c1. The smallest absolute Gasteiger partial charge is 0.251 e. The molecule has 0 spiro atoms. The normalized spacial score (nSPS) is 10.4. The number of carbonyl (C=O) groups is 1. The fourth-order valence-electron chi connectivity index (χ4n) is 1.80. The number of ether oxygens (including phenoxy) is 1. The number of primary amides is 1. The third-order valence-corrected chi connectivity index (χ3v) is 3.11. The second kappa shape index (κ2) is 5.87. The highest BCUT2D eigenvalue weighted by Crippen LogP contribution is 2.22. The van der Waals surface area contributed by atoms with Gasteiger partial charge in [0.25, 0.3) is 5.91 Å². The lowest BCUT2D eigenvalue weighted by molar-refractivity contribution is 0.100. The summed E-state index contributed by atoms with van der Waals surface area (Å²) in [6.45, 7) is 0. The van der Waals surface area contributed by atoms with Crippen LogP contribution >= 0.6 is 11.6 Å². The summed E-state index contributed by atoms with van der Waals surface area (Å²) in [5.74, 6) is 0.563. The van der Waals surface area contributed by atoms with E-state index in [0.717, 1.165) is 5.69 Å². The van der Waals surface area contributed by atoms with E-state index in [1.807, 2.05) is 12.1 Å². The van der Waals surface area contributed by atoms with Gasteiger partial charge in [-0.05, 0) is 30.3 Å². The molecule has 0 radical (unpaired) electrons. The van der Waals surface area contributed by atoms with Crippen molar-refractivity contribution < 1.29 is 9.53 Å². The summed E-state index contributed by atoms with van der Waals surface area (Å²) >= 11 is 5.77. The number of nitrogens with zero attached hydrogens (tertiary/aromatic N) is 3. The molecule has 1 amide bonds. The minimum absolute atomic E-state index is 0.352. The van der Waals surface area contributed by atoms with Crippen LogP contribution in [0.5, 0.6) is 11.6 Å². The summed E-state index contributed by atoms with van der Waals surface area (Å²) in [6, 6.07) is 10.6. The highest BCUT2D eigenvalue weighted by atomic mass is 35.5. The predicted molar refractivity (Wildman–Crippen MR) is 81.4 cm³/mol. The fourth-order valence-corrected chi connectivity index (χ4v) is 1.91. The van der Waals surface area contributed by atoms with Crippen molar-refractivity contribution >= 4 is 17.5 Å². The number of nitrogens with two attached hydrogens (primary N) is 1. The van der Waals surface area contributed by atoms with Crippen LogP contribution in [0, 0.1) is 0 Å². The molecule has 1 aromatic carbocycles. The average molecular weight is 315 g/mol. The van der Waals surface area contributed by atoms with Gasteiger partial charge in [0.15, 0.2) is 0 Å². The second-order valence-electron chi connectivity index (χ2n) is 4.45. The van der Waals surface area contributed by atoms with E-state index in [1.54, 1.807) is 35.1 Å². The van der Waals surface area contributed by atoms with Crippen LogP contribution in [0.25, 0.3) is 5.69 Å². The Morgan fingerprint density at radius 3 is 2.50 bits per heavy atom. The maximum Gasteiger partial charge on any atom is 0.251 e. The van der Waals surface area contributed by atoms with Crippen molar-refractivity contribution in [2.75, 3.05) is 0 Å². The third-order valence-electron chi connectivity index (χ3n) is 2.89. The van der Waals surface area contributed by atoms with Gasteiger partial charge in [-0.1, -0.05) is 11.6 Å². The lowest BCUT2D eigenvalue weighted by Gasteiger charge is -2.06. The molecule has 22 heavy (non-hydrogen) atoms. The lowest BCUT2D eigenvalue weighted by atomic mass is 10.3. The standard InChI is InChI=1S/C15H11ClN4O2/c16-11-1-6-14(18-8-11)22-13-4-2-12(3-5-13)20-9-10(7-19-20)15(17)21/h1-9H,(H2,17,21). The molecule has 0 fully saturated rings. The van der Waals surface area contributed by atoms with Crippen LogP contribution < -0.4 is 10.5 Å². The number of amides is 1. The van der Waals surface area contributed by atoms with Gasteiger partial charge in [0.2, 0.25) is 5.88 Å². The number of hydrogen-bond donors (Lipinski definition) is 1. The van der Waals surface area contributed by atoms with Crippen LogP contribution in [-0.2, 0) is 0 Å². The van der Waals surface area contributed by atoms with E-state index >= 15 is 0 Å². The first-order valence-electron chi connectivity index (χ1n) is 6.36. The third kappa shape index (κ3) is 3.07. The van der Waals surface area contributed by atoms with E-state index in [0.29, 0.717) is 22.2 Å². The Labute approximate surface area is 131 Å². The van der Waals surface area contributed by atoms with Crippen molar-refractivity contribution in [3.05, 3.63) is 65.6 Å². The van der Waals surface area contributed by atoms with Gasteiger partial charge in [0.1, 0.15) is 5.75 Å². The number of hydrogen-bond acceptors (Lipinski definition) is 4. The molecule has 2 heterocycles. The Morgan fingerprint density at radius 1 is 1.14 bits per heavy atom. The summed E-state index contributed by atoms with van der Waals surface area (Å²) in [5.41, 5.74) is 6.33. The second-order valence-corrected chi connectivity index (χ2v) is 4.88. The van der Waals surface area contributed by atoms with Gasteiger partial charge in [0.05, 0.1) is 22.5 Å². The Bertz CT molecular complexity index is 797. The Hall–Kier alpha value is -2.86. The van der Waals surface area contributed by atoms with E-state index in [-0.39, 0.29) is 0 Å². The van der Waals surface area contributed by atoms with E-state index in [1.165, 1.54) is 12.4 Å². The molecule has 0 atom stereocenters. The quantitative estimate of drug-likeness (QED) is 0.802. The first-order chi connectivity index (χ1) is 10.6. The number of pyridine rings is 1. The first-order valence-corrected chi connectivity index (χ1v) is 6.74. The molecule has 0 unspecified atom stereocenters. The predicted octanol–water partition coefficient (Wildman–Crippen LogP) is 2.81. The maximum absolute atomic E-state index is 11.1. The molecule has 7 heteroatoms. The highest BCUT2D eigenvalue weighted by Gasteiger charge is 2.06. The van der Waals surface area contributed by atoms with Crippen LogP contribution in [0.2, 0.25) is 5.02 Å². The first kappa shape index (κ1) is 14.1. The number of rotatable bonds is 4. The fraction of sp³-hybridized carbons (Fsp3) is 0. The highest BCUT2D eigenvalue weighted by molar-refractivity contribution is 6.30. The number of carbonyl (C=O) groups excluding carboxylic acids is 1. The molecule has 0 aliphatic carbocycles. The molecule has 0 aliphatic rings. The van der Waals surface area contributed by atoms with E-state index < -0.39 is 5.91 Å². The van der Waals surface area contributed by atoms with Crippen molar-refractivity contribution in [2.24, 2.45) is 5.73 Å². The molecule has 2 N–H and O–H groups in total. The van der Waals surface area contributed by atoms with Gasteiger partial charge in [-0.25, -0.2) is 9.67 Å².